The predicted octanol–water partition coefficient (Wildman–Crippen LogP) is 14.8. The molecule has 2 aliphatic rings. The molecule has 12 aromatic rings. The van der Waals surface area contributed by atoms with Crippen LogP contribution in [-0.4, -0.2) is 109 Å². The van der Waals surface area contributed by atoms with Crippen LogP contribution in [0.2, 0.25) is 39.3 Å². The topological polar surface area (TPSA) is 175 Å². The van der Waals surface area contributed by atoms with Crippen LogP contribution in [0.3, 0.4) is 0 Å². The van der Waals surface area contributed by atoms with Gasteiger partial charge in [0.15, 0.2) is 0 Å². The minimum atomic E-state index is -3.92. The van der Waals surface area contributed by atoms with Gasteiger partial charge in [-0.15, -0.1) is 103 Å². The molecular weight excluding hydrogens is 1570 g/mol. The first-order valence-corrected chi connectivity index (χ1v) is 38.4. The monoisotopic (exact) mass is 1650 g/mol. The third kappa shape index (κ3) is 23.7. The molecule has 8 radical (unpaired) electrons. The summed E-state index contributed by atoms with van der Waals surface area (Å²) in [5.74, 6) is 1.57. The Morgan fingerprint density at radius 1 is 0.489 bits per heavy atom. The molecule has 6 aromatic heterocycles. The van der Waals surface area contributed by atoms with E-state index in [2.05, 4.69) is 198 Å². The van der Waals surface area contributed by atoms with Crippen molar-refractivity contribution < 1.29 is 72.2 Å². The number of aromatic nitrogens is 4. The normalized spacial score (nSPS) is 11.8. The van der Waals surface area contributed by atoms with Crippen LogP contribution in [0.5, 0.6) is 0 Å². The molecular formula is C74H78B4Ir2N4O7SSi2-4. The van der Waals surface area contributed by atoms with E-state index >= 15 is 0 Å². The molecule has 14 rings (SSSR count). The van der Waals surface area contributed by atoms with Crippen molar-refractivity contribution >= 4 is 110 Å². The van der Waals surface area contributed by atoms with E-state index in [0.29, 0.717) is 6.26 Å². The first-order valence-electron chi connectivity index (χ1n) is 29.6. The number of fused-ring (bicyclic) bond motifs is 6. The van der Waals surface area contributed by atoms with Gasteiger partial charge in [0.1, 0.15) is 16.7 Å². The number of pyridine rings is 4. The third-order valence-corrected chi connectivity index (χ3v) is 18.1. The molecule has 0 atom stereocenters. The molecule has 2 aliphatic carbocycles. The number of terminal acetylenes is 1. The fourth-order valence-electron chi connectivity index (χ4n) is 9.74. The summed E-state index contributed by atoms with van der Waals surface area (Å²) >= 11 is 0. The average molecular weight is 1650 g/mol. The van der Waals surface area contributed by atoms with E-state index < -0.39 is 32.7 Å². The standard InChI is InChI=1S/C20H19NOSi.C20H18NOSi.2C14H12N.C2H2.CH4O3S.2CH4O.CH4.B4.2Ir/c2*1-23(2,3)18-12-7-9-15-14-8-6-10-16(19(14)22-20(15)18)17-11-4-5-13-21-17;2*1-2-4-12(5-3-1)14-9-8-13(10-15-14)11-6-7-11;1-2;1-5(2,3)4;2*1-2;;1-4(2)3;;/h4-13H,1-3H3;4-9,11-13H,1-3H3;2*1-4,8-11H,6-7H2;1-2H;1H3,(H,2,3,4);2*2H,1H3;1H4;;;/q;3*-1;;;;;;;;/p-1. The fourth-order valence-corrected chi connectivity index (χ4v) is 12.7. The zero-order valence-electron chi connectivity index (χ0n) is 53.8. The summed E-state index contributed by atoms with van der Waals surface area (Å²) in [6.07, 6.45) is 20.9. The van der Waals surface area contributed by atoms with Gasteiger partial charge in [-0.2, -0.15) is 0 Å². The van der Waals surface area contributed by atoms with E-state index in [9.17, 15) is 0 Å². The SMILES string of the molecule is C.C#C.CO.CO.CS(=O)(=O)[O-].C[Si](C)(C)c1cccc2c1oc1c(-c3ccccn3)[c-]ccc12.C[Si](C)(C)c1cccc2c1oc1c(-c3ccccn3)cccc12.[B]B([B])[B].[Ir].[Ir].[c-]1ccccc1-c1ccc(C2CC2)cn1.[c-]1ccccc1-c1ccc(C2CC2)cn1. The van der Waals surface area contributed by atoms with E-state index in [1.807, 2.05) is 110 Å². The summed E-state index contributed by atoms with van der Waals surface area (Å²) in [5, 5.41) is 21.4. The molecule has 0 amide bonds. The van der Waals surface area contributed by atoms with Gasteiger partial charge in [-0.05, 0) is 100 Å². The summed E-state index contributed by atoms with van der Waals surface area (Å²) < 4.78 is 40.0. The Bertz CT molecular complexity index is 4040. The minimum Gasteiger partial charge on any atom is -0.748 e. The first-order chi connectivity index (χ1) is 43.7. The van der Waals surface area contributed by atoms with E-state index in [1.165, 1.54) is 63.3 Å². The number of nitrogens with zero attached hydrogens (tertiary/aromatic N) is 4. The van der Waals surface area contributed by atoms with Crippen LogP contribution in [0.25, 0.3) is 88.9 Å². The molecule has 94 heavy (non-hydrogen) atoms. The van der Waals surface area contributed by atoms with Crippen molar-refractivity contribution in [2.24, 2.45) is 0 Å². The van der Waals surface area contributed by atoms with Gasteiger partial charge < -0.3 is 38.6 Å². The van der Waals surface area contributed by atoms with Gasteiger partial charge in [0.05, 0.1) is 37.5 Å². The van der Waals surface area contributed by atoms with Crippen molar-refractivity contribution in [1.82, 2.24) is 19.9 Å². The van der Waals surface area contributed by atoms with Crippen molar-refractivity contribution in [3.8, 4) is 57.9 Å². The number of hydrogen-bond donors (Lipinski definition) is 2. The summed E-state index contributed by atoms with van der Waals surface area (Å²) in [6.45, 7) is 14.1. The van der Waals surface area contributed by atoms with Gasteiger partial charge >= 0.3 is 0 Å². The number of aliphatic hydroxyl groups is 2. The Morgan fingerprint density at radius 3 is 1.23 bits per heavy atom. The van der Waals surface area contributed by atoms with Crippen LogP contribution in [-0.2, 0) is 50.3 Å². The molecule has 6 aromatic carbocycles. The maximum Gasteiger partial charge on any atom is 0.144 e. The Labute approximate surface area is 590 Å². The second-order valence-electron chi connectivity index (χ2n) is 23.1. The molecule has 0 bridgehead atoms. The molecule has 20 heteroatoms. The smallest absolute Gasteiger partial charge is 0.144 e. The van der Waals surface area contributed by atoms with Gasteiger partial charge in [0.2, 0.25) is 0 Å². The molecule has 0 saturated heterocycles. The molecule has 6 heterocycles. The van der Waals surface area contributed by atoms with Crippen LogP contribution in [0.15, 0.2) is 210 Å². The fraction of sp³-hybridized carbons (Fsp3) is 0.216. The molecule has 0 spiro atoms. The predicted molar refractivity (Wildman–Crippen MR) is 391 cm³/mol. The molecule has 11 nitrogen and oxygen atoms in total. The Kier molecular flexibility index (Phi) is 33.7. The third-order valence-electron chi connectivity index (χ3n) is 14.1. The molecule has 2 fully saturated rings. The van der Waals surface area contributed by atoms with Crippen LogP contribution >= 0.6 is 0 Å². The van der Waals surface area contributed by atoms with Crippen LogP contribution in [0.4, 0.5) is 0 Å². The van der Waals surface area contributed by atoms with E-state index in [-0.39, 0.29) is 47.6 Å². The molecule has 0 aliphatic heterocycles. The maximum absolute atomic E-state index is 9.08. The van der Waals surface area contributed by atoms with Gasteiger partial charge in [-0.1, -0.05) is 149 Å². The Hall–Kier alpha value is -7.10. The number of hydrogen-bond acceptors (Lipinski definition) is 11. The van der Waals surface area contributed by atoms with Crippen molar-refractivity contribution in [3.63, 3.8) is 0 Å². The zero-order chi connectivity index (χ0) is 66.3. The molecule has 2 saturated carbocycles. The number of para-hydroxylation sites is 3. The summed E-state index contributed by atoms with van der Waals surface area (Å²) in [6, 6.07) is 69.4. The Balaban J connectivity index is 0.000000306. The second-order valence-corrected chi connectivity index (χ2v) is 34.6. The minimum absolute atomic E-state index is 0. The largest absolute Gasteiger partial charge is 0.748 e. The number of aliphatic hydroxyl groups excluding tert-OH is 2. The van der Waals surface area contributed by atoms with Crippen LogP contribution in [0, 0.1) is 31.0 Å². The van der Waals surface area contributed by atoms with Crippen molar-refractivity contribution in [3.05, 3.63) is 230 Å². The van der Waals surface area contributed by atoms with E-state index in [1.54, 1.807) is 6.20 Å². The van der Waals surface area contributed by atoms with Crippen LogP contribution < -0.4 is 10.4 Å². The molecule has 0 unspecified atom stereocenters. The zero-order valence-corrected chi connectivity index (χ0v) is 61.4. The van der Waals surface area contributed by atoms with Crippen molar-refractivity contribution in [2.45, 2.75) is 84.2 Å². The molecule has 2 N–H and O–H groups in total. The summed E-state index contributed by atoms with van der Waals surface area (Å²) in [7, 11) is 9.14. The average Bonchev–Trinajstić information content (AvgIpc) is 1.61. The summed E-state index contributed by atoms with van der Waals surface area (Å²) in [4.78, 5) is 17.9. The summed E-state index contributed by atoms with van der Waals surface area (Å²) in [5.41, 5.74) is 14.7. The number of benzene rings is 6. The Morgan fingerprint density at radius 2 is 0.872 bits per heavy atom. The van der Waals surface area contributed by atoms with Crippen molar-refractivity contribution in [2.75, 3.05) is 20.5 Å². The van der Waals surface area contributed by atoms with Crippen LogP contribution in [0.1, 0.15) is 56.1 Å². The second kappa shape index (κ2) is 39.1. The first kappa shape index (κ1) is 81.1. The number of furan rings is 2. The van der Waals surface area contributed by atoms with E-state index in [4.69, 9.17) is 32.0 Å². The van der Waals surface area contributed by atoms with E-state index in [0.717, 1.165) is 98.8 Å². The number of rotatable bonds is 8. The molecule has 484 valence electrons. The van der Waals surface area contributed by atoms with Crippen molar-refractivity contribution in [1.29, 1.82) is 0 Å². The van der Waals surface area contributed by atoms with Gasteiger partial charge in [-0.3, -0.25) is 4.98 Å². The quantitative estimate of drug-likeness (QED) is 0.0641. The van der Waals surface area contributed by atoms with Gasteiger partial charge in [0.25, 0.3) is 0 Å². The maximum atomic E-state index is 9.08. The van der Waals surface area contributed by atoms with Gasteiger partial charge in [-0.25, -0.2) is 8.42 Å². The van der Waals surface area contributed by atoms with Gasteiger partial charge in [0, 0.05) is 137 Å².